The van der Waals surface area contributed by atoms with Crippen LogP contribution < -0.4 is 0 Å². The van der Waals surface area contributed by atoms with E-state index in [1.54, 1.807) is 23.5 Å². The van der Waals surface area contributed by atoms with Crippen molar-refractivity contribution < 1.29 is 9.72 Å². The van der Waals surface area contributed by atoms with E-state index in [1.165, 1.54) is 11.8 Å². The molecule has 0 bridgehead atoms. The Morgan fingerprint density at radius 2 is 1.65 bits per heavy atom. The number of hydrogen-bond donors (Lipinski definition) is 0. The molecular weight excluding hydrogens is 386 g/mol. The van der Waals surface area contributed by atoms with Crippen molar-refractivity contribution in [1.29, 1.82) is 0 Å². The van der Waals surface area contributed by atoms with Gasteiger partial charge in [-0.25, -0.2) is 0 Å². The van der Waals surface area contributed by atoms with Gasteiger partial charge < -0.3 is 0 Å². The van der Waals surface area contributed by atoms with Gasteiger partial charge >= 0.3 is 0 Å². The summed E-state index contributed by atoms with van der Waals surface area (Å²) in [5.41, 5.74) is 0.855. The predicted octanol–water partition coefficient (Wildman–Crippen LogP) is 4.93. The van der Waals surface area contributed by atoms with Crippen LogP contribution >= 0.6 is 35.3 Å². The fourth-order valence-electron chi connectivity index (χ4n) is 2.96. The van der Waals surface area contributed by atoms with Crippen LogP contribution in [0.3, 0.4) is 0 Å². The van der Waals surface area contributed by atoms with E-state index in [4.69, 9.17) is 0 Å². The molecule has 26 heavy (non-hydrogen) atoms. The molecule has 1 atom stereocenters. The zero-order valence-corrected chi connectivity index (χ0v) is 16.5. The summed E-state index contributed by atoms with van der Waals surface area (Å²) in [5.74, 6) is 1.22. The first-order valence-corrected chi connectivity index (χ1v) is 11.1. The average molecular weight is 406 g/mol. The molecule has 1 heterocycles. The van der Waals surface area contributed by atoms with Gasteiger partial charge in [-0.3, -0.25) is 14.9 Å². The van der Waals surface area contributed by atoms with Crippen LogP contribution in [0.2, 0.25) is 0 Å². The van der Waals surface area contributed by atoms with E-state index in [9.17, 15) is 14.9 Å². The molecule has 0 aliphatic carbocycles. The Morgan fingerprint density at radius 3 is 2.23 bits per heavy atom. The first-order chi connectivity index (χ1) is 12.6. The van der Waals surface area contributed by atoms with E-state index in [0.717, 1.165) is 28.4 Å². The van der Waals surface area contributed by atoms with Crippen molar-refractivity contribution in [2.45, 2.75) is 21.3 Å². The third-order valence-electron chi connectivity index (χ3n) is 4.15. The monoisotopic (exact) mass is 405 g/mol. The lowest BCUT2D eigenvalue weighted by Crippen LogP contribution is -2.42. The predicted molar refractivity (Wildman–Crippen MR) is 111 cm³/mol. The van der Waals surface area contributed by atoms with Gasteiger partial charge in [-0.1, -0.05) is 48.5 Å². The minimum Gasteiger partial charge on any atom is -0.284 e. The van der Waals surface area contributed by atoms with E-state index in [-0.39, 0.29) is 16.6 Å². The van der Waals surface area contributed by atoms with E-state index >= 15 is 0 Å². The number of thioether (sulfide) groups is 3. The van der Waals surface area contributed by atoms with Gasteiger partial charge in [-0.05, 0) is 47.4 Å². The largest absolute Gasteiger partial charge is 0.284 e. The van der Waals surface area contributed by atoms with Crippen LogP contribution in [0.5, 0.6) is 0 Å². The molecule has 4 nitrogen and oxygen atoms in total. The third kappa shape index (κ3) is 4.45. The second-order valence-corrected chi connectivity index (χ2v) is 9.89. The number of carbonyl (C=O) groups excluding carboxylic acids is 1. The van der Waals surface area contributed by atoms with Crippen molar-refractivity contribution in [3.05, 3.63) is 76.3 Å². The molecule has 1 saturated heterocycles. The minimum absolute atomic E-state index is 0.00546. The average Bonchev–Trinajstić information content (AvgIpc) is 2.68. The van der Waals surface area contributed by atoms with Crippen molar-refractivity contribution >= 4 is 40.4 Å². The Bertz CT molecular complexity index is 749. The van der Waals surface area contributed by atoms with E-state index in [0.29, 0.717) is 0 Å². The lowest BCUT2D eigenvalue weighted by Gasteiger charge is -2.39. The maximum Gasteiger partial charge on any atom is 0.220 e. The van der Waals surface area contributed by atoms with Gasteiger partial charge in [0.1, 0.15) is 4.08 Å². The second-order valence-electron chi connectivity index (χ2n) is 5.90. The Balaban J connectivity index is 1.98. The molecule has 0 N–H and O–H groups in total. The lowest BCUT2D eigenvalue weighted by molar-refractivity contribution is -0.483. The minimum atomic E-state index is -0.840. The third-order valence-corrected chi connectivity index (χ3v) is 8.92. The van der Waals surface area contributed by atoms with E-state index < -0.39 is 10.00 Å². The quantitative estimate of drug-likeness (QED) is 0.386. The molecule has 1 aliphatic rings. The molecule has 7 heteroatoms. The highest BCUT2D eigenvalue weighted by Gasteiger charge is 2.51. The van der Waals surface area contributed by atoms with Gasteiger partial charge in [0.2, 0.25) is 11.7 Å². The Hall–Kier alpha value is -1.44. The van der Waals surface area contributed by atoms with Crippen molar-refractivity contribution in [2.24, 2.45) is 0 Å². The number of rotatable bonds is 6. The molecule has 1 fully saturated rings. The van der Waals surface area contributed by atoms with Crippen LogP contribution in [0, 0.1) is 10.1 Å². The molecule has 0 spiro atoms. The fourth-order valence-corrected chi connectivity index (χ4v) is 7.61. The van der Waals surface area contributed by atoms with Crippen LogP contribution in [-0.4, -0.2) is 32.2 Å². The normalized spacial score (nSPS) is 17.4. The van der Waals surface area contributed by atoms with E-state index in [2.05, 4.69) is 0 Å². The highest BCUT2D eigenvalue weighted by atomic mass is 32.2. The maximum atomic E-state index is 13.4. The maximum absolute atomic E-state index is 13.4. The first-order valence-electron chi connectivity index (χ1n) is 8.34. The molecule has 2 aromatic rings. The van der Waals surface area contributed by atoms with E-state index in [1.807, 2.05) is 60.7 Å². The fraction of sp³-hybridized carbons (Fsp3) is 0.316. The Labute approximate surface area is 165 Å². The summed E-state index contributed by atoms with van der Waals surface area (Å²) < 4.78 is -0.840. The van der Waals surface area contributed by atoms with Crippen molar-refractivity contribution in [2.75, 3.05) is 18.1 Å². The summed E-state index contributed by atoms with van der Waals surface area (Å²) in [5, 5.41) is 11.4. The van der Waals surface area contributed by atoms with Gasteiger partial charge in [-0.2, -0.15) is 0 Å². The van der Waals surface area contributed by atoms with Crippen LogP contribution in [0.25, 0.3) is 0 Å². The smallest absolute Gasteiger partial charge is 0.220 e. The number of carbonyl (C=O) groups is 1. The summed E-state index contributed by atoms with van der Waals surface area (Å²) in [6.45, 7) is -0.245. The molecule has 0 saturated carbocycles. The Morgan fingerprint density at radius 1 is 1.08 bits per heavy atom. The van der Waals surface area contributed by atoms with Gasteiger partial charge in [0.05, 0.1) is 5.92 Å². The highest BCUT2D eigenvalue weighted by Crippen LogP contribution is 2.54. The first kappa shape index (κ1) is 19.3. The zero-order valence-electron chi connectivity index (χ0n) is 14.1. The standard InChI is InChI=1S/C19H19NO3S3/c21-18(26-16-10-5-2-6-11-16)19(24-12-7-13-25-19)17(14-20(22)23)15-8-3-1-4-9-15/h1-6,8-11,17H,7,12-14H2. The summed E-state index contributed by atoms with van der Waals surface area (Å²) in [6, 6.07) is 18.9. The topological polar surface area (TPSA) is 60.2 Å². The van der Waals surface area contributed by atoms with Crippen molar-refractivity contribution in [3.8, 4) is 0 Å². The molecule has 3 rings (SSSR count). The van der Waals surface area contributed by atoms with Crippen LogP contribution in [0.1, 0.15) is 17.9 Å². The number of benzene rings is 2. The van der Waals surface area contributed by atoms with Crippen molar-refractivity contribution in [3.63, 3.8) is 0 Å². The van der Waals surface area contributed by atoms with Gasteiger partial charge in [-0.15, -0.1) is 23.5 Å². The highest BCUT2D eigenvalue weighted by molar-refractivity contribution is 8.25. The van der Waals surface area contributed by atoms with Crippen molar-refractivity contribution in [1.82, 2.24) is 0 Å². The molecule has 0 radical (unpaired) electrons. The summed E-state index contributed by atoms with van der Waals surface area (Å²) in [4.78, 5) is 25.4. The molecule has 136 valence electrons. The van der Waals surface area contributed by atoms with Crippen LogP contribution in [0.15, 0.2) is 65.6 Å². The number of hydrogen-bond acceptors (Lipinski definition) is 6. The number of nitro groups is 1. The zero-order chi connectivity index (χ0) is 18.4. The summed E-state index contributed by atoms with van der Waals surface area (Å²) in [6.07, 6.45) is 1.01. The molecule has 0 aromatic heterocycles. The lowest BCUT2D eigenvalue weighted by atomic mass is 9.95. The number of nitrogens with zero attached hydrogens (tertiary/aromatic N) is 1. The van der Waals surface area contributed by atoms with Gasteiger partial charge in [0.15, 0.2) is 0 Å². The second kappa shape index (κ2) is 8.97. The molecule has 1 aliphatic heterocycles. The molecule has 2 aromatic carbocycles. The Kier molecular flexibility index (Phi) is 6.67. The van der Waals surface area contributed by atoms with Gasteiger partial charge in [0.25, 0.3) is 0 Å². The van der Waals surface area contributed by atoms with Gasteiger partial charge in [0, 0.05) is 9.82 Å². The van der Waals surface area contributed by atoms with Crippen LogP contribution in [-0.2, 0) is 4.79 Å². The molecule has 1 unspecified atom stereocenters. The summed E-state index contributed by atoms with van der Waals surface area (Å²) >= 11 is 4.34. The molecule has 0 amide bonds. The van der Waals surface area contributed by atoms with Crippen LogP contribution in [0.4, 0.5) is 0 Å². The SMILES string of the molecule is O=C(Sc1ccccc1)C1(C(C[N+](=O)[O-])c2ccccc2)SCCCS1. The molecular formula is C19H19NO3S3. The summed E-state index contributed by atoms with van der Waals surface area (Å²) in [7, 11) is 0.